The number of rotatable bonds is 3. The Morgan fingerprint density at radius 1 is 0.766 bits per heavy atom. The molecule has 2 radical (unpaired) electrons. The van der Waals surface area contributed by atoms with Crippen LogP contribution in [0.1, 0.15) is 111 Å². The summed E-state index contributed by atoms with van der Waals surface area (Å²) in [4.78, 5) is 0. The summed E-state index contributed by atoms with van der Waals surface area (Å²) >= 11 is -0.826. The Morgan fingerprint density at radius 3 is 1.94 bits per heavy atom. The van der Waals surface area contributed by atoms with Crippen LogP contribution >= 0.6 is 17.0 Å². The van der Waals surface area contributed by atoms with E-state index in [-0.39, 0.29) is 16.2 Å². The van der Waals surface area contributed by atoms with Gasteiger partial charge in [0, 0.05) is 0 Å². The van der Waals surface area contributed by atoms with Gasteiger partial charge < -0.3 is 0 Å². The third kappa shape index (κ3) is 9.05. The monoisotopic (exact) mass is 754 g/mol. The van der Waals surface area contributed by atoms with Gasteiger partial charge in [0.25, 0.3) is 0 Å². The third-order valence-electron chi connectivity index (χ3n) is 9.19. The van der Waals surface area contributed by atoms with Gasteiger partial charge in [0.2, 0.25) is 0 Å². The molecular formula is C43H50Cl2SiZr. The quantitative estimate of drug-likeness (QED) is 0.125. The van der Waals surface area contributed by atoms with Crippen LogP contribution in [0.3, 0.4) is 0 Å². The first-order chi connectivity index (χ1) is 22.0. The molecular weight excluding hydrogens is 707 g/mol. The molecule has 1 aliphatic rings. The molecule has 0 fully saturated rings. The maximum atomic E-state index is 4.93. The van der Waals surface area contributed by atoms with Crippen molar-refractivity contribution in [1.29, 1.82) is 0 Å². The Hall–Kier alpha value is -1.83. The summed E-state index contributed by atoms with van der Waals surface area (Å²) < 4.78 is 0. The summed E-state index contributed by atoms with van der Waals surface area (Å²) in [5.74, 6) is 0.587. The van der Waals surface area contributed by atoms with E-state index in [9.17, 15) is 0 Å². The second-order valence-electron chi connectivity index (χ2n) is 15.8. The molecule has 47 heavy (non-hydrogen) atoms. The molecule has 0 bridgehead atoms. The second kappa shape index (κ2) is 15.4. The second-order valence-corrected chi connectivity index (χ2v) is 20.9. The van der Waals surface area contributed by atoms with E-state index in [1.165, 1.54) is 72.1 Å². The van der Waals surface area contributed by atoms with Gasteiger partial charge in [-0.2, -0.15) is 35.5 Å². The van der Waals surface area contributed by atoms with Crippen molar-refractivity contribution in [1.82, 2.24) is 0 Å². The van der Waals surface area contributed by atoms with Crippen molar-refractivity contribution in [3.05, 3.63) is 113 Å². The smallest absolute Gasteiger partial charge is 0.0920 e. The van der Waals surface area contributed by atoms with Crippen LogP contribution in [-0.4, -0.2) is 9.52 Å². The van der Waals surface area contributed by atoms with Gasteiger partial charge in [-0.15, -0.1) is 40.1 Å². The summed E-state index contributed by atoms with van der Waals surface area (Å²) in [6, 6.07) is 35.1. The first-order valence-corrected chi connectivity index (χ1v) is 24.1. The predicted octanol–water partition coefficient (Wildman–Crippen LogP) is 12.1. The Labute approximate surface area is 306 Å². The summed E-state index contributed by atoms with van der Waals surface area (Å²) in [5.41, 5.74) is 11.6. The van der Waals surface area contributed by atoms with E-state index in [0.717, 1.165) is 9.52 Å². The molecule has 0 N–H and O–H groups in total. The molecule has 0 amide bonds. The summed E-state index contributed by atoms with van der Waals surface area (Å²) in [5, 5.41) is 5.61. The largest absolute Gasteiger partial charge is 0.184 e. The SMILES string of the molecule is CCC(C)c1cc2c(-c3cc(C(C)(C)C)cc(C(C)(C)C)c3)c(C(C)(C)C)ccc2[cH-]1.[Cl][Zr+2][Cl].[c-]1cccc2c1[Si]c1ccccc1-2. The molecule has 0 spiro atoms. The standard InChI is InChI=1S/C31H43.C12H7Si.2ClH.Zr/c1-12-20(2)22-15-21-13-14-27(31(9,10)11)28(26(21)18-22)23-16-24(29(3,4)5)19-25(17-23)30(6,7)8;1-3-7-11-9(5-1)10-6-2-4-8-12(10)13-11;;;/h13-20H,12H2,1-11H3;1-7H;2*1H;/q2*-1;;;+4/p-2. The van der Waals surface area contributed by atoms with Gasteiger partial charge in [-0.05, 0) is 38.9 Å². The number of hydrogen-bond donors (Lipinski definition) is 0. The normalized spacial score (nSPS) is 13.0. The maximum Gasteiger partial charge on any atom is 0.0920 e. The van der Waals surface area contributed by atoms with E-state index in [1.54, 1.807) is 0 Å². The molecule has 244 valence electrons. The third-order valence-corrected chi connectivity index (χ3v) is 10.6. The van der Waals surface area contributed by atoms with Crippen LogP contribution in [-0.2, 0) is 37.1 Å². The average molecular weight is 757 g/mol. The van der Waals surface area contributed by atoms with Crippen molar-refractivity contribution >= 4 is 47.7 Å². The first-order valence-electron chi connectivity index (χ1n) is 16.7. The van der Waals surface area contributed by atoms with E-state index in [4.69, 9.17) is 17.0 Å². The van der Waals surface area contributed by atoms with Gasteiger partial charge in [-0.1, -0.05) is 147 Å². The zero-order chi connectivity index (χ0) is 34.7. The average Bonchev–Trinajstić information content (AvgIpc) is 3.61. The minimum absolute atomic E-state index is 0.0803. The Morgan fingerprint density at radius 2 is 1.36 bits per heavy atom. The number of fused-ring (bicyclic) bond motifs is 4. The molecule has 5 aromatic carbocycles. The van der Waals surface area contributed by atoms with Crippen molar-refractivity contribution in [2.24, 2.45) is 0 Å². The molecule has 0 nitrogen and oxygen atoms in total. The molecule has 0 saturated heterocycles. The van der Waals surface area contributed by atoms with E-state index in [0.29, 0.717) is 5.92 Å². The van der Waals surface area contributed by atoms with Crippen molar-refractivity contribution in [2.75, 3.05) is 0 Å². The molecule has 0 aromatic heterocycles. The predicted molar refractivity (Wildman–Crippen MR) is 207 cm³/mol. The van der Waals surface area contributed by atoms with Gasteiger partial charge >= 0.3 is 37.9 Å². The fraction of sp³-hybridized carbons (Fsp3) is 0.372. The van der Waals surface area contributed by atoms with Crippen molar-refractivity contribution < 1.29 is 20.8 Å². The molecule has 1 aliphatic heterocycles. The fourth-order valence-electron chi connectivity index (χ4n) is 6.13. The van der Waals surface area contributed by atoms with E-state index >= 15 is 0 Å². The van der Waals surface area contributed by atoms with Crippen LogP contribution in [0.4, 0.5) is 0 Å². The minimum Gasteiger partial charge on any atom is -0.184 e. The van der Waals surface area contributed by atoms with Crippen molar-refractivity contribution in [3.8, 4) is 22.3 Å². The Kier molecular flexibility index (Phi) is 12.4. The van der Waals surface area contributed by atoms with Crippen LogP contribution in [0.15, 0.2) is 84.9 Å². The summed E-state index contributed by atoms with van der Waals surface area (Å²) in [6.45, 7) is 25.6. The van der Waals surface area contributed by atoms with Gasteiger partial charge in [0.1, 0.15) is 0 Å². The zero-order valence-corrected chi connectivity index (χ0v) is 35.1. The fourth-order valence-corrected chi connectivity index (χ4v) is 7.44. The maximum absolute atomic E-state index is 4.93. The van der Waals surface area contributed by atoms with Crippen molar-refractivity contribution in [3.63, 3.8) is 0 Å². The molecule has 0 aliphatic carbocycles. The molecule has 0 saturated carbocycles. The van der Waals surface area contributed by atoms with Crippen molar-refractivity contribution in [2.45, 2.75) is 105 Å². The van der Waals surface area contributed by atoms with E-state index in [1.807, 2.05) is 6.07 Å². The molecule has 6 rings (SSSR count). The van der Waals surface area contributed by atoms with E-state index in [2.05, 4.69) is 161 Å². The van der Waals surface area contributed by atoms with Gasteiger partial charge in [-0.3, -0.25) is 0 Å². The van der Waals surface area contributed by atoms with Gasteiger partial charge in [-0.25, -0.2) is 0 Å². The summed E-state index contributed by atoms with van der Waals surface area (Å²) in [6.07, 6.45) is 1.17. The molecule has 1 atom stereocenters. The zero-order valence-electron chi connectivity index (χ0n) is 30.1. The Bertz CT molecular complexity index is 1740. The molecule has 1 heterocycles. The van der Waals surface area contributed by atoms with Gasteiger partial charge in [0.15, 0.2) is 0 Å². The molecule has 5 aromatic rings. The number of benzene rings is 4. The van der Waals surface area contributed by atoms with Crippen LogP contribution in [0, 0.1) is 6.07 Å². The van der Waals surface area contributed by atoms with Crippen LogP contribution in [0.2, 0.25) is 0 Å². The van der Waals surface area contributed by atoms with Crippen LogP contribution < -0.4 is 10.4 Å². The molecule has 1 unspecified atom stereocenters. The van der Waals surface area contributed by atoms with Crippen LogP contribution in [0.5, 0.6) is 0 Å². The van der Waals surface area contributed by atoms with Gasteiger partial charge in [0.05, 0.1) is 9.52 Å². The van der Waals surface area contributed by atoms with E-state index < -0.39 is 20.8 Å². The Balaban J connectivity index is 0.000000255. The first kappa shape index (κ1) is 38.0. The van der Waals surface area contributed by atoms with Crippen LogP contribution in [0.25, 0.3) is 33.0 Å². The number of halogens is 2. The topological polar surface area (TPSA) is 0 Å². The number of hydrogen-bond acceptors (Lipinski definition) is 0. The summed E-state index contributed by atoms with van der Waals surface area (Å²) in [7, 11) is 10.7. The minimum atomic E-state index is -0.826. The molecule has 4 heteroatoms.